The zero-order valence-corrected chi connectivity index (χ0v) is 27.1. The van der Waals surface area contributed by atoms with E-state index in [-0.39, 0.29) is 22.7 Å². The Hall–Kier alpha value is -4.04. The van der Waals surface area contributed by atoms with Crippen LogP contribution in [0.2, 0.25) is 0 Å². The summed E-state index contributed by atoms with van der Waals surface area (Å²) in [4.78, 5) is 0. The van der Waals surface area contributed by atoms with Crippen molar-refractivity contribution in [2.24, 2.45) is 0 Å². The first-order chi connectivity index (χ1) is 20.9. The molecule has 0 saturated heterocycles. The Kier molecular flexibility index (Phi) is 7.82. The Morgan fingerprint density at radius 3 is 1.30 bits per heavy atom. The van der Waals surface area contributed by atoms with E-state index in [1.807, 2.05) is 12.1 Å². The number of unbranched alkanes of at least 4 members (excludes halogenated alkanes) is 1. The van der Waals surface area contributed by atoms with E-state index in [2.05, 4.69) is 127 Å². The molecule has 0 saturated carbocycles. The molecule has 0 aromatic heterocycles. The fourth-order valence-electron chi connectivity index (χ4n) is 7.18. The monoisotopic (exact) mass is 582 g/mol. The second-order valence-corrected chi connectivity index (χ2v) is 14.8. The lowest BCUT2D eigenvalue weighted by atomic mass is 9.80. The van der Waals surface area contributed by atoms with E-state index in [4.69, 9.17) is 0 Å². The van der Waals surface area contributed by atoms with Gasteiger partial charge in [-0.15, -0.1) is 0 Å². The third-order valence-electron chi connectivity index (χ3n) is 9.54. The van der Waals surface area contributed by atoms with Crippen LogP contribution >= 0.6 is 0 Å². The number of phenolic OH excluding ortho intramolecular Hbond substituents is 2. The van der Waals surface area contributed by atoms with Crippen LogP contribution in [0, 0.1) is 0 Å². The lowest BCUT2D eigenvalue weighted by Crippen LogP contribution is -2.14. The number of hydrogen-bond acceptors (Lipinski definition) is 2. The van der Waals surface area contributed by atoms with Crippen molar-refractivity contribution in [3.05, 3.63) is 141 Å². The van der Waals surface area contributed by atoms with Gasteiger partial charge in [0.15, 0.2) is 0 Å². The van der Waals surface area contributed by atoms with Crippen molar-refractivity contribution in [1.82, 2.24) is 0 Å². The highest BCUT2D eigenvalue weighted by molar-refractivity contribution is 5.68. The van der Waals surface area contributed by atoms with Crippen LogP contribution in [0.1, 0.15) is 122 Å². The highest BCUT2D eigenvalue weighted by Crippen LogP contribution is 2.43. The Bertz CT molecular complexity index is 1620. The third-order valence-corrected chi connectivity index (χ3v) is 9.54. The minimum atomic E-state index is -0.143. The van der Waals surface area contributed by atoms with E-state index >= 15 is 0 Å². The van der Waals surface area contributed by atoms with E-state index in [0.29, 0.717) is 11.5 Å². The van der Waals surface area contributed by atoms with Crippen LogP contribution in [0.3, 0.4) is 0 Å². The fraction of sp³-hybridized carbons (Fsp3) is 0.333. The zero-order chi connectivity index (χ0) is 31.2. The van der Waals surface area contributed by atoms with Crippen molar-refractivity contribution in [2.75, 3.05) is 0 Å². The number of hydrogen-bond donors (Lipinski definition) is 2. The highest BCUT2D eigenvalue weighted by Gasteiger charge is 2.28. The summed E-state index contributed by atoms with van der Waals surface area (Å²) >= 11 is 0. The molecule has 4 aromatic carbocycles. The average molecular weight is 583 g/mol. The maximum atomic E-state index is 11.1. The maximum Gasteiger partial charge on any atom is 0.119 e. The Balaban J connectivity index is 1.29. The standard InChI is InChI=1S/C42H46O2/c1-41(2,3)37-23-29(35(25-39(37)43)33-21-19-27-13-9-11-17-31(27)33)15-7-8-16-30-24-38(42(4,5)6)40(44)26-36(30)34-22-20-28-14-10-12-18-32(28)34/h9-14,17-26,33-34,43-44H,7-8,15-16H2,1-6H3. The van der Waals surface area contributed by atoms with Gasteiger partial charge in [-0.25, -0.2) is 0 Å². The Labute approximate surface area is 263 Å². The van der Waals surface area contributed by atoms with E-state index < -0.39 is 0 Å². The van der Waals surface area contributed by atoms with Crippen molar-refractivity contribution < 1.29 is 10.2 Å². The topological polar surface area (TPSA) is 40.5 Å². The number of aryl methyl sites for hydroxylation is 2. The largest absolute Gasteiger partial charge is 0.508 e. The van der Waals surface area contributed by atoms with Gasteiger partial charge >= 0.3 is 0 Å². The van der Waals surface area contributed by atoms with Crippen molar-refractivity contribution in [3.63, 3.8) is 0 Å². The molecule has 0 amide bonds. The van der Waals surface area contributed by atoms with Crippen LogP contribution in [0.25, 0.3) is 12.2 Å². The van der Waals surface area contributed by atoms with Crippen LogP contribution in [-0.4, -0.2) is 10.2 Å². The van der Waals surface area contributed by atoms with E-state index in [0.717, 1.165) is 36.8 Å². The number of phenols is 2. The lowest BCUT2D eigenvalue weighted by Gasteiger charge is -2.25. The Morgan fingerprint density at radius 2 is 0.909 bits per heavy atom. The zero-order valence-electron chi connectivity index (χ0n) is 27.1. The molecule has 0 heterocycles. The van der Waals surface area contributed by atoms with Gasteiger partial charge in [-0.3, -0.25) is 0 Å². The summed E-state index contributed by atoms with van der Waals surface area (Å²) in [6.07, 6.45) is 13.0. The van der Waals surface area contributed by atoms with Gasteiger partial charge in [-0.1, -0.05) is 127 Å². The van der Waals surface area contributed by atoms with Crippen molar-refractivity contribution in [3.8, 4) is 11.5 Å². The molecule has 0 radical (unpaired) electrons. The average Bonchev–Trinajstić information content (AvgIpc) is 3.59. The molecule has 0 fully saturated rings. The van der Waals surface area contributed by atoms with Gasteiger partial charge in [0.05, 0.1) is 0 Å². The summed E-state index contributed by atoms with van der Waals surface area (Å²) in [7, 11) is 0. The maximum absolute atomic E-state index is 11.1. The van der Waals surface area contributed by atoms with Crippen LogP contribution in [-0.2, 0) is 23.7 Å². The predicted octanol–water partition coefficient (Wildman–Crippen LogP) is 10.6. The molecule has 44 heavy (non-hydrogen) atoms. The number of fused-ring (bicyclic) bond motifs is 2. The summed E-state index contributed by atoms with van der Waals surface area (Å²) in [6, 6.07) is 25.8. The number of benzene rings is 4. The molecular formula is C42H46O2. The molecular weight excluding hydrogens is 536 g/mol. The molecule has 2 aliphatic carbocycles. The molecule has 0 spiro atoms. The smallest absolute Gasteiger partial charge is 0.119 e. The van der Waals surface area contributed by atoms with Gasteiger partial charge in [-0.2, -0.15) is 0 Å². The van der Waals surface area contributed by atoms with Crippen molar-refractivity contribution in [1.29, 1.82) is 0 Å². The molecule has 2 aliphatic rings. The van der Waals surface area contributed by atoms with Crippen molar-refractivity contribution >= 4 is 12.2 Å². The van der Waals surface area contributed by atoms with Gasteiger partial charge in [0, 0.05) is 11.8 Å². The number of aromatic hydroxyl groups is 2. The van der Waals surface area contributed by atoms with E-state index in [9.17, 15) is 10.2 Å². The van der Waals surface area contributed by atoms with Gasteiger partial charge in [0.25, 0.3) is 0 Å². The summed E-state index contributed by atoms with van der Waals surface area (Å²) in [5, 5.41) is 22.3. The molecule has 6 rings (SSSR count). The molecule has 2 N–H and O–H groups in total. The minimum Gasteiger partial charge on any atom is -0.508 e. The molecule has 0 aliphatic heterocycles. The van der Waals surface area contributed by atoms with Crippen LogP contribution in [0.15, 0.2) is 84.9 Å². The first kappa shape index (κ1) is 30.0. The number of allylic oxidation sites excluding steroid dienone is 2. The summed E-state index contributed by atoms with van der Waals surface area (Å²) in [6.45, 7) is 13.0. The third kappa shape index (κ3) is 5.75. The normalized spacial score (nSPS) is 17.2. The molecule has 2 nitrogen and oxygen atoms in total. The van der Waals surface area contributed by atoms with Gasteiger partial charge in [0.1, 0.15) is 11.5 Å². The second-order valence-electron chi connectivity index (χ2n) is 14.8. The van der Waals surface area contributed by atoms with Gasteiger partial charge in [-0.05, 0) is 104 Å². The lowest BCUT2D eigenvalue weighted by molar-refractivity contribution is 0.444. The Morgan fingerprint density at radius 1 is 0.523 bits per heavy atom. The molecule has 2 atom stereocenters. The fourth-order valence-corrected chi connectivity index (χ4v) is 7.18. The van der Waals surface area contributed by atoms with E-state index in [1.165, 1.54) is 44.5 Å². The van der Waals surface area contributed by atoms with E-state index in [1.54, 1.807) is 0 Å². The molecule has 226 valence electrons. The molecule has 2 heteroatoms. The van der Waals surface area contributed by atoms with Crippen LogP contribution < -0.4 is 0 Å². The summed E-state index contributed by atoms with van der Waals surface area (Å²) < 4.78 is 0. The quantitative estimate of drug-likeness (QED) is 0.213. The molecule has 2 unspecified atom stereocenters. The first-order valence-electron chi connectivity index (χ1n) is 16.2. The van der Waals surface area contributed by atoms with Crippen LogP contribution in [0.4, 0.5) is 0 Å². The molecule has 0 bridgehead atoms. The van der Waals surface area contributed by atoms with Gasteiger partial charge < -0.3 is 10.2 Å². The predicted molar refractivity (Wildman–Crippen MR) is 185 cm³/mol. The SMILES string of the molecule is CC(C)(C)c1cc(CCCCc2cc(C(C)(C)C)c(O)cc2C2C=Cc3ccccc32)c(C2C=Cc3ccccc32)cc1O. The first-order valence-corrected chi connectivity index (χ1v) is 16.2. The minimum absolute atomic E-state index is 0.143. The highest BCUT2D eigenvalue weighted by atomic mass is 16.3. The number of rotatable bonds is 7. The van der Waals surface area contributed by atoms with Crippen LogP contribution in [0.5, 0.6) is 11.5 Å². The summed E-state index contributed by atoms with van der Waals surface area (Å²) in [5.41, 5.74) is 12.0. The van der Waals surface area contributed by atoms with Gasteiger partial charge in [0.2, 0.25) is 0 Å². The summed E-state index contributed by atoms with van der Waals surface area (Å²) in [5.74, 6) is 1.10. The second kappa shape index (κ2) is 11.5. The molecule has 4 aromatic rings. The van der Waals surface area contributed by atoms with Crippen molar-refractivity contribution in [2.45, 2.75) is 89.9 Å².